The van der Waals surface area contributed by atoms with Crippen molar-refractivity contribution in [2.75, 3.05) is 15.5 Å². The SMILES string of the molecule is CC(Nc1ccc(NC(=O)C2CC2)cc1)C(=O)N1c2ccccc2CC1C. The van der Waals surface area contributed by atoms with Crippen LogP contribution in [0.2, 0.25) is 0 Å². The van der Waals surface area contributed by atoms with E-state index in [1.165, 1.54) is 5.56 Å². The maximum Gasteiger partial charge on any atom is 0.249 e. The molecule has 0 radical (unpaired) electrons. The molecule has 27 heavy (non-hydrogen) atoms. The molecule has 2 N–H and O–H groups in total. The van der Waals surface area contributed by atoms with Crippen molar-refractivity contribution in [3.8, 4) is 0 Å². The van der Waals surface area contributed by atoms with Crippen LogP contribution in [0.4, 0.5) is 17.1 Å². The van der Waals surface area contributed by atoms with Crippen LogP contribution in [0.1, 0.15) is 32.3 Å². The Kier molecular flexibility index (Phi) is 4.60. The second kappa shape index (κ2) is 7.06. The van der Waals surface area contributed by atoms with Gasteiger partial charge in [0, 0.05) is 29.0 Å². The van der Waals surface area contributed by atoms with Crippen LogP contribution in [0.15, 0.2) is 48.5 Å². The van der Waals surface area contributed by atoms with Gasteiger partial charge in [-0.15, -0.1) is 0 Å². The van der Waals surface area contributed by atoms with Crippen molar-refractivity contribution in [3.63, 3.8) is 0 Å². The number of rotatable bonds is 5. The van der Waals surface area contributed by atoms with Crippen LogP contribution in [0.3, 0.4) is 0 Å². The molecule has 1 heterocycles. The van der Waals surface area contributed by atoms with Crippen molar-refractivity contribution in [1.29, 1.82) is 0 Å². The standard InChI is InChI=1S/C22H25N3O2/c1-14-13-17-5-3-4-6-20(17)25(14)22(27)15(2)23-18-9-11-19(12-10-18)24-21(26)16-7-8-16/h3-6,9-12,14-16,23H,7-8,13H2,1-2H3,(H,24,26). The first kappa shape index (κ1) is 17.6. The molecule has 4 rings (SSSR count). The van der Waals surface area contributed by atoms with Crippen LogP contribution in [0.5, 0.6) is 0 Å². The van der Waals surface area contributed by atoms with Crippen LogP contribution in [0.25, 0.3) is 0 Å². The average molecular weight is 363 g/mol. The monoisotopic (exact) mass is 363 g/mol. The Labute approximate surface area is 159 Å². The Morgan fingerprint density at radius 2 is 1.70 bits per heavy atom. The summed E-state index contributed by atoms with van der Waals surface area (Å²) in [5, 5.41) is 6.21. The number of para-hydroxylation sites is 1. The number of hydrogen-bond donors (Lipinski definition) is 2. The van der Waals surface area contributed by atoms with Crippen LogP contribution in [0, 0.1) is 5.92 Å². The average Bonchev–Trinajstić information content (AvgIpc) is 3.45. The molecule has 1 saturated carbocycles. The molecule has 2 aromatic carbocycles. The second-order valence-electron chi connectivity index (χ2n) is 7.60. The van der Waals surface area contributed by atoms with E-state index in [4.69, 9.17) is 0 Å². The van der Waals surface area contributed by atoms with Crippen molar-refractivity contribution < 1.29 is 9.59 Å². The highest BCUT2D eigenvalue weighted by molar-refractivity contribution is 6.00. The highest BCUT2D eigenvalue weighted by atomic mass is 16.2. The van der Waals surface area contributed by atoms with Crippen LogP contribution in [-0.2, 0) is 16.0 Å². The fourth-order valence-electron chi connectivity index (χ4n) is 3.66. The molecule has 5 heteroatoms. The fraction of sp³-hybridized carbons (Fsp3) is 0.364. The number of benzene rings is 2. The Bertz CT molecular complexity index is 858. The van der Waals surface area contributed by atoms with Crippen molar-refractivity contribution in [2.45, 2.75) is 45.2 Å². The van der Waals surface area contributed by atoms with Gasteiger partial charge in [-0.25, -0.2) is 0 Å². The van der Waals surface area contributed by atoms with Crippen molar-refractivity contribution >= 4 is 28.9 Å². The molecule has 2 atom stereocenters. The first-order valence-corrected chi connectivity index (χ1v) is 9.61. The number of hydrogen-bond acceptors (Lipinski definition) is 3. The Morgan fingerprint density at radius 3 is 2.41 bits per heavy atom. The summed E-state index contributed by atoms with van der Waals surface area (Å²) in [4.78, 5) is 26.8. The van der Waals surface area contributed by atoms with Gasteiger partial charge in [0.05, 0.1) is 0 Å². The van der Waals surface area contributed by atoms with Crippen molar-refractivity contribution in [2.24, 2.45) is 5.92 Å². The third-order valence-corrected chi connectivity index (χ3v) is 5.30. The molecule has 1 aliphatic carbocycles. The van der Waals surface area contributed by atoms with Crippen molar-refractivity contribution in [1.82, 2.24) is 0 Å². The summed E-state index contributed by atoms with van der Waals surface area (Å²) in [6.07, 6.45) is 2.87. The number of fused-ring (bicyclic) bond motifs is 1. The van der Waals surface area contributed by atoms with E-state index in [0.717, 1.165) is 36.3 Å². The summed E-state index contributed by atoms with van der Waals surface area (Å²) >= 11 is 0. The van der Waals surface area contributed by atoms with Gasteiger partial charge in [-0.2, -0.15) is 0 Å². The highest BCUT2D eigenvalue weighted by Crippen LogP contribution is 2.33. The first-order chi connectivity index (χ1) is 13.0. The molecule has 0 aromatic heterocycles. The number of carbonyl (C=O) groups is 2. The minimum atomic E-state index is -0.342. The molecular weight excluding hydrogens is 338 g/mol. The summed E-state index contributed by atoms with van der Waals surface area (Å²) in [6.45, 7) is 3.97. The lowest BCUT2D eigenvalue weighted by atomic mass is 10.1. The van der Waals surface area contributed by atoms with Gasteiger partial charge in [0.1, 0.15) is 6.04 Å². The third-order valence-electron chi connectivity index (χ3n) is 5.30. The molecule has 0 bridgehead atoms. The third kappa shape index (κ3) is 3.68. The van der Waals surface area contributed by atoms with Gasteiger partial charge in [0.2, 0.25) is 11.8 Å². The van der Waals surface area contributed by atoms with Gasteiger partial charge in [-0.05, 0) is 69.0 Å². The van der Waals surface area contributed by atoms with E-state index in [-0.39, 0.29) is 29.8 Å². The maximum absolute atomic E-state index is 13.0. The van der Waals surface area contributed by atoms with Gasteiger partial charge in [0.15, 0.2) is 0 Å². The number of amides is 2. The Morgan fingerprint density at radius 1 is 1.04 bits per heavy atom. The summed E-state index contributed by atoms with van der Waals surface area (Å²) in [5.41, 5.74) is 3.89. The van der Waals surface area contributed by atoms with E-state index in [9.17, 15) is 9.59 Å². The largest absolute Gasteiger partial charge is 0.374 e. The Hall–Kier alpha value is -2.82. The van der Waals surface area contributed by atoms with Crippen LogP contribution < -0.4 is 15.5 Å². The number of nitrogens with zero attached hydrogens (tertiary/aromatic N) is 1. The van der Waals surface area contributed by atoms with Gasteiger partial charge >= 0.3 is 0 Å². The van der Waals surface area contributed by atoms with Gasteiger partial charge in [-0.3, -0.25) is 9.59 Å². The lowest BCUT2D eigenvalue weighted by Gasteiger charge is -2.27. The predicted octanol–water partition coefficient (Wildman–Crippen LogP) is 3.81. The first-order valence-electron chi connectivity index (χ1n) is 9.61. The molecule has 2 aromatic rings. The highest BCUT2D eigenvalue weighted by Gasteiger charge is 2.33. The number of carbonyl (C=O) groups excluding carboxylic acids is 2. The van der Waals surface area contributed by atoms with Crippen molar-refractivity contribution in [3.05, 3.63) is 54.1 Å². The van der Waals surface area contributed by atoms with E-state index in [1.807, 2.05) is 54.3 Å². The topological polar surface area (TPSA) is 61.4 Å². The minimum absolute atomic E-state index is 0.0681. The zero-order valence-electron chi connectivity index (χ0n) is 15.7. The quantitative estimate of drug-likeness (QED) is 0.849. The van der Waals surface area contributed by atoms with Gasteiger partial charge < -0.3 is 15.5 Å². The lowest BCUT2D eigenvalue weighted by Crippen LogP contribution is -2.44. The molecule has 1 fully saturated rings. The zero-order valence-corrected chi connectivity index (χ0v) is 15.7. The van der Waals surface area contributed by atoms with Gasteiger partial charge in [-0.1, -0.05) is 18.2 Å². The molecule has 0 saturated heterocycles. The van der Waals surface area contributed by atoms with Crippen LogP contribution >= 0.6 is 0 Å². The minimum Gasteiger partial charge on any atom is -0.374 e. The fourth-order valence-corrected chi connectivity index (χ4v) is 3.66. The van der Waals surface area contributed by atoms with Crippen LogP contribution in [-0.4, -0.2) is 23.9 Å². The van der Waals surface area contributed by atoms with E-state index >= 15 is 0 Å². The van der Waals surface area contributed by atoms with E-state index in [0.29, 0.717) is 0 Å². The summed E-state index contributed by atoms with van der Waals surface area (Å²) in [6, 6.07) is 15.5. The van der Waals surface area contributed by atoms with E-state index in [2.05, 4.69) is 23.6 Å². The molecule has 2 aliphatic rings. The number of nitrogens with one attached hydrogen (secondary N) is 2. The maximum atomic E-state index is 13.0. The molecule has 0 spiro atoms. The predicted molar refractivity (Wildman–Crippen MR) is 108 cm³/mol. The molecule has 5 nitrogen and oxygen atoms in total. The van der Waals surface area contributed by atoms with E-state index in [1.54, 1.807) is 0 Å². The molecule has 140 valence electrons. The molecule has 2 amide bonds. The van der Waals surface area contributed by atoms with Gasteiger partial charge in [0.25, 0.3) is 0 Å². The smallest absolute Gasteiger partial charge is 0.249 e. The molecule has 1 aliphatic heterocycles. The second-order valence-corrected chi connectivity index (χ2v) is 7.60. The molecular formula is C22H25N3O2. The normalized spacial score (nSPS) is 19.3. The molecule has 2 unspecified atom stereocenters. The van der Waals surface area contributed by atoms with E-state index < -0.39 is 0 Å². The number of anilines is 3. The zero-order chi connectivity index (χ0) is 19.0. The lowest BCUT2D eigenvalue weighted by molar-refractivity contribution is -0.119. The summed E-state index contributed by atoms with van der Waals surface area (Å²) in [7, 11) is 0. The summed E-state index contributed by atoms with van der Waals surface area (Å²) < 4.78 is 0. The summed E-state index contributed by atoms with van der Waals surface area (Å²) in [5.74, 6) is 0.352. The Balaban J connectivity index is 1.40.